The van der Waals surface area contributed by atoms with E-state index in [9.17, 15) is 14.4 Å². The van der Waals surface area contributed by atoms with E-state index in [4.69, 9.17) is 27.9 Å². The third-order valence-corrected chi connectivity index (χ3v) is 6.91. The maximum atomic E-state index is 13.2. The summed E-state index contributed by atoms with van der Waals surface area (Å²) >= 11 is 13.6. The summed E-state index contributed by atoms with van der Waals surface area (Å²) in [5.74, 6) is -1.63. The molecule has 0 atom stereocenters. The van der Waals surface area contributed by atoms with Gasteiger partial charge >= 0.3 is 5.97 Å². The van der Waals surface area contributed by atoms with Gasteiger partial charge in [0.15, 0.2) is 0 Å². The van der Waals surface area contributed by atoms with Crippen LogP contribution in [0.2, 0.25) is 10.0 Å². The van der Waals surface area contributed by atoms with Crippen molar-refractivity contribution >= 4 is 73.8 Å². The van der Waals surface area contributed by atoms with Crippen LogP contribution in [0.3, 0.4) is 0 Å². The second kappa shape index (κ2) is 10.3. The lowest BCUT2D eigenvalue weighted by Crippen LogP contribution is -2.26. The number of thiophene rings is 1. The summed E-state index contributed by atoms with van der Waals surface area (Å²) in [7, 11) is 0. The molecule has 4 rings (SSSR count). The number of hydrogen-bond acceptors (Lipinski definition) is 5. The van der Waals surface area contributed by atoms with Crippen LogP contribution < -0.4 is 10.6 Å². The van der Waals surface area contributed by atoms with Crippen molar-refractivity contribution in [2.75, 3.05) is 10.6 Å². The van der Waals surface area contributed by atoms with Crippen LogP contribution in [0, 0.1) is 0 Å². The highest BCUT2D eigenvalue weighted by atomic mass is 35.5. The first-order chi connectivity index (χ1) is 17.0. The average Bonchev–Trinajstić information content (AvgIpc) is 3.16. The van der Waals surface area contributed by atoms with Crippen molar-refractivity contribution in [3.63, 3.8) is 0 Å². The number of hydrogen-bond donors (Lipinski definition) is 2. The van der Waals surface area contributed by atoms with Crippen LogP contribution >= 0.6 is 34.5 Å². The van der Waals surface area contributed by atoms with Gasteiger partial charge in [-0.3, -0.25) is 9.59 Å². The summed E-state index contributed by atoms with van der Waals surface area (Å²) in [5.41, 5.74) is 0.160. The highest BCUT2D eigenvalue weighted by molar-refractivity contribution is 7.21. The smallest absolute Gasteiger partial charge is 0.339 e. The van der Waals surface area contributed by atoms with E-state index in [1.165, 1.54) is 29.5 Å². The van der Waals surface area contributed by atoms with Gasteiger partial charge in [-0.2, -0.15) is 0 Å². The molecule has 1 heterocycles. The Bertz CT molecular complexity index is 1470. The Morgan fingerprint density at radius 1 is 0.806 bits per heavy atom. The minimum atomic E-state index is -0.758. The largest absolute Gasteiger partial charge is 0.456 e. The van der Waals surface area contributed by atoms with E-state index >= 15 is 0 Å². The van der Waals surface area contributed by atoms with Gasteiger partial charge < -0.3 is 15.4 Å². The standard InChI is InChI=1S/C27H22Cl2N2O4S/c1-27(2,3)35-26(34)18-13-12-17(14-20(18)24(32)30-16-10-8-15(28)9-11-16)31-25(33)23-22(29)19-6-4-5-7-21(19)36-23/h4-14H,1-3H3,(H,30,32)(H,31,33). The normalized spacial score (nSPS) is 11.2. The fraction of sp³-hybridized carbons (Fsp3) is 0.148. The number of ether oxygens (including phenoxy) is 1. The van der Waals surface area contributed by atoms with Gasteiger partial charge in [0, 0.05) is 26.5 Å². The molecule has 2 N–H and O–H groups in total. The van der Waals surface area contributed by atoms with Gasteiger partial charge in [-0.05, 0) is 69.3 Å². The van der Waals surface area contributed by atoms with Crippen LogP contribution in [-0.4, -0.2) is 23.4 Å². The second-order valence-electron chi connectivity index (χ2n) is 8.92. The molecule has 36 heavy (non-hydrogen) atoms. The Morgan fingerprint density at radius 2 is 1.44 bits per heavy atom. The number of benzene rings is 3. The van der Waals surface area contributed by atoms with Crippen LogP contribution in [-0.2, 0) is 4.74 Å². The molecule has 3 aromatic carbocycles. The molecule has 4 aromatic rings. The molecular weight excluding hydrogens is 519 g/mol. The summed E-state index contributed by atoms with van der Waals surface area (Å²) in [6.07, 6.45) is 0. The third-order valence-electron chi connectivity index (χ3n) is 4.98. The summed E-state index contributed by atoms with van der Waals surface area (Å²) in [5, 5.41) is 7.19. The van der Waals surface area contributed by atoms with E-state index in [-0.39, 0.29) is 11.1 Å². The van der Waals surface area contributed by atoms with Gasteiger partial charge in [0.25, 0.3) is 11.8 Å². The number of nitrogens with one attached hydrogen (secondary N) is 2. The quantitative estimate of drug-likeness (QED) is 0.254. The Kier molecular flexibility index (Phi) is 7.36. The van der Waals surface area contributed by atoms with Gasteiger partial charge in [-0.25, -0.2) is 4.79 Å². The fourth-order valence-electron chi connectivity index (χ4n) is 3.40. The number of halogens is 2. The van der Waals surface area contributed by atoms with Crippen molar-refractivity contribution in [3.05, 3.63) is 92.8 Å². The molecular formula is C27H22Cl2N2O4S. The first-order valence-electron chi connectivity index (χ1n) is 10.9. The Labute approximate surface area is 222 Å². The zero-order chi connectivity index (χ0) is 26.0. The van der Waals surface area contributed by atoms with E-state index in [1.807, 2.05) is 24.3 Å². The summed E-state index contributed by atoms with van der Waals surface area (Å²) in [4.78, 5) is 39.4. The Hall–Kier alpha value is -3.39. The molecule has 0 saturated heterocycles. The Morgan fingerprint density at radius 3 is 2.11 bits per heavy atom. The number of carbonyl (C=O) groups is 3. The molecule has 6 nitrogen and oxygen atoms in total. The molecule has 184 valence electrons. The van der Waals surface area contributed by atoms with Crippen LogP contribution in [0.4, 0.5) is 11.4 Å². The second-order valence-corrected chi connectivity index (χ2v) is 10.8. The lowest BCUT2D eigenvalue weighted by atomic mass is 10.0. The van der Waals surface area contributed by atoms with Gasteiger partial charge in [-0.1, -0.05) is 41.4 Å². The molecule has 2 amide bonds. The van der Waals surface area contributed by atoms with Crippen LogP contribution in [0.5, 0.6) is 0 Å². The first kappa shape index (κ1) is 25.7. The predicted molar refractivity (Wildman–Crippen MR) is 146 cm³/mol. The van der Waals surface area contributed by atoms with Crippen LogP contribution in [0.1, 0.15) is 51.2 Å². The zero-order valence-corrected chi connectivity index (χ0v) is 22.0. The number of carbonyl (C=O) groups excluding carboxylic acids is 3. The van der Waals surface area contributed by atoms with Crippen LogP contribution in [0.25, 0.3) is 10.1 Å². The van der Waals surface area contributed by atoms with Crippen molar-refractivity contribution in [3.8, 4) is 0 Å². The van der Waals surface area contributed by atoms with Crippen molar-refractivity contribution in [1.82, 2.24) is 0 Å². The fourth-order valence-corrected chi connectivity index (χ4v) is 4.94. The Balaban J connectivity index is 1.66. The minimum Gasteiger partial charge on any atom is -0.456 e. The van der Waals surface area contributed by atoms with E-state index in [1.54, 1.807) is 45.0 Å². The molecule has 1 aromatic heterocycles. The SMILES string of the molecule is CC(C)(C)OC(=O)c1ccc(NC(=O)c2sc3ccccc3c2Cl)cc1C(=O)Nc1ccc(Cl)cc1. The first-order valence-corrected chi connectivity index (χ1v) is 12.5. The van der Waals surface area contributed by atoms with E-state index < -0.39 is 23.4 Å². The molecule has 0 bridgehead atoms. The summed E-state index contributed by atoms with van der Waals surface area (Å²) in [6.45, 7) is 5.21. The summed E-state index contributed by atoms with van der Waals surface area (Å²) in [6, 6.07) is 18.4. The maximum Gasteiger partial charge on any atom is 0.339 e. The lowest BCUT2D eigenvalue weighted by Gasteiger charge is -2.21. The van der Waals surface area contributed by atoms with Crippen molar-refractivity contribution < 1.29 is 19.1 Å². The number of amides is 2. The molecule has 0 unspecified atom stereocenters. The van der Waals surface area contributed by atoms with Gasteiger partial charge in [0.1, 0.15) is 10.5 Å². The number of anilines is 2. The van der Waals surface area contributed by atoms with E-state index in [2.05, 4.69) is 10.6 Å². The number of esters is 1. The number of rotatable bonds is 5. The van der Waals surface area contributed by atoms with Crippen molar-refractivity contribution in [2.45, 2.75) is 26.4 Å². The molecule has 0 aliphatic rings. The molecule has 9 heteroatoms. The minimum absolute atomic E-state index is 0.0411. The molecule has 0 fully saturated rings. The lowest BCUT2D eigenvalue weighted by molar-refractivity contribution is 0.00678. The predicted octanol–water partition coefficient (Wildman–Crippen LogP) is 7.67. The topological polar surface area (TPSA) is 84.5 Å². The third kappa shape index (κ3) is 5.87. The summed E-state index contributed by atoms with van der Waals surface area (Å²) < 4.78 is 6.37. The van der Waals surface area contributed by atoms with Gasteiger partial charge in [-0.15, -0.1) is 11.3 Å². The monoisotopic (exact) mass is 540 g/mol. The maximum absolute atomic E-state index is 13.2. The molecule has 0 aliphatic carbocycles. The molecule has 0 saturated carbocycles. The van der Waals surface area contributed by atoms with Gasteiger partial charge in [0.05, 0.1) is 16.1 Å². The molecule has 0 radical (unpaired) electrons. The zero-order valence-electron chi connectivity index (χ0n) is 19.6. The van der Waals surface area contributed by atoms with E-state index in [0.717, 1.165) is 10.1 Å². The van der Waals surface area contributed by atoms with Gasteiger partial charge in [0.2, 0.25) is 0 Å². The highest BCUT2D eigenvalue weighted by Crippen LogP contribution is 2.35. The average molecular weight is 541 g/mol. The van der Waals surface area contributed by atoms with Crippen molar-refractivity contribution in [1.29, 1.82) is 0 Å². The molecule has 0 spiro atoms. The molecule has 0 aliphatic heterocycles. The van der Waals surface area contributed by atoms with Crippen molar-refractivity contribution in [2.24, 2.45) is 0 Å². The number of fused-ring (bicyclic) bond motifs is 1. The van der Waals surface area contributed by atoms with Crippen LogP contribution in [0.15, 0.2) is 66.7 Å². The highest BCUT2D eigenvalue weighted by Gasteiger charge is 2.25. The van der Waals surface area contributed by atoms with E-state index in [0.29, 0.717) is 26.3 Å².